The Labute approximate surface area is 149 Å². The average molecular weight is 367 g/mol. The van der Waals surface area contributed by atoms with Crippen molar-refractivity contribution in [3.8, 4) is 0 Å². The number of hydrogen-bond acceptors (Lipinski definition) is 6. The monoisotopic (exact) mass is 367 g/mol. The van der Waals surface area contributed by atoms with Crippen molar-refractivity contribution in [2.75, 3.05) is 25.4 Å². The zero-order valence-corrected chi connectivity index (χ0v) is 15.2. The van der Waals surface area contributed by atoms with Crippen molar-refractivity contribution >= 4 is 40.2 Å². The van der Waals surface area contributed by atoms with Crippen LogP contribution < -0.4 is 5.32 Å². The predicted molar refractivity (Wildman–Crippen MR) is 95.0 cm³/mol. The minimum absolute atomic E-state index is 0.0507. The highest BCUT2D eigenvalue weighted by molar-refractivity contribution is 8.14. The Bertz CT molecular complexity index is 604. The molecule has 0 unspecified atom stereocenters. The van der Waals surface area contributed by atoms with E-state index in [9.17, 15) is 14.4 Å². The van der Waals surface area contributed by atoms with Gasteiger partial charge < -0.3 is 5.32 Å². The van der Waals surface area contributed by atoms with Gasteiger partial charge in [-0.05, 0) is 37.8 Å². The van der Waals surface area contributed by atoms with Crippen LogP contribution in [-0.2, 0) is 9.59 Å². The molecule has 8 heteroatoms. The van der Waals surface area contributed by atoms with Crippen LogP contribution in [0, 0.1) is 0 Å². The summed E-state index contributed by atoms with van der Waals surface area (Å²) in [5.74, 6) is -0.0192. The minimum Gasteiger partial charge on any atom is -0.353 e. The van der Waals surface area contributed by atoms with Gasteiger partial charge >= 0.3 is 0 Å². The van der Waals surface area contributed by atoms with E-state index in [-0.39, 0.29) is 35.4 Å². The normalized spacial score (nSPS) is 23.0. The van der Waals surface area contributed by atoms with E-state index in [1.807, 2.05) is 13.0 Å². The number of carbonyl (C=O) groups excluding carboxylic acids is 3. The quantitative estimate of drug-likeness (QED) is 0.834. The van der Waals surface area contributed by atoms with Crippen LogP contribution in [0.15, 0.2) is 17.5 Å². The highest BCUT2D eigenvalue weighted by Crippen LogP contribution is 2.35. The molecule has 6 nitrogen and oxygen atoms in total. The van der Waals surface area contributed by atoms with Gasteiger partial charge in [0.2, 0.25) is 11.8 Å². The molecule has 0 spiro atoms. The molecule has 0 bridgehead atoms. The van der Waals surface area contributed by atoms with Crippen LogP contribution in [0.1, 0.15) is 30.7 Å². The molecule has 1 N–H and O–H groups in total. The maximum atomic E-state index is 12.4. The van der Waals surface area contributed by atoms with Crippen molar-refractivity contribution in [3.05, 3.63) is 22.4 Å². The third-order valence-electron chi connectivity index (χ3n) is 4.52. The second-order valence-electron chi connectivity index (χ2n) is 5.98. The van der Waals surface area contributed by atoms with Gasteiger partial charge in [-0.15, -0.1) is 11.3 Å². The van der Waals surface area contributed by atoms with Gasteiger partial charge in [0.05, 0.1) is 11.8 Å². The van der Waals surface area contributed by atoms with Crippen molar-refractivity contribution in [3.63, 3.8) is 0 Å². The van der Waals surface area contributed by atoms with E-state index >= 15 is 0 Å². The molecule has 1 aromatic rings. The van der Waals surface area contributed by atoms with Crippen molar-refractivity contribution in [2.45, 2.75) is 31.8 Å². The molecule has 0 radical (unpaired) electrons. The number of thioether (sulfide) groups is 1. The number of nitrogens with zero attached hydrogens (tertiary/aromatic N) is 2. The van der Waals surface area contributed by atoms with Gasteiger partial charge in [-0.1, -0.05) is 17.8 Å². The van der Waals surface area contributed by atoms with Crippen LogP contribution in [0.5, 0.6) is 0 Å². The largest absolute Gasteiger partial charge is 0.353 e. The maximum absolute atomic E-state index is 12.4. The van der Waals surface area contributed by atoms with Gasteiger partial charge in [0, 0.05) is 24.0 Å². The number of carbonyl (C=O) groups is 3. The smallest absolute Gasteiger partial charge is 0.288 e. The van der Waals surface area contributed by atoms with Gasteiger partial charge in [0.25, 0.3) is 5.24 Å². The van der Waals surface area contributed by atoms with E-state index in [2.05, 4.69) is 21.7 Å². The fraction of sp³-hybridized carbons (Fsp3) is 0.562. The Morgan fingerprint density at radius 3 is 2.96 bits per heavy atom. The molecule has 2 aliphatic heterocycles. The highest BCUT2D eigenvalue weighted by Gasteiger charge is 2.34. The molecule has 0 saturated carbocycles. The summed E-state index contributed by atoms with van der Waals surface area (Å²) in [5.41, 5.74) is 0. The summed E-state index contributed by atoms with van der Waals surface area (Å²) < 4.78 is 0. The first kappa shape index (κ1) is 17.4. The second kappa shape index (κ2) is 7.67. The SMILES string of the molecule is C[C@@H](C(=O)NCCN1C(=O)CSC1=O)N1CCC[C@@H]1c1cccs1. The molecule has 3 heterocycles. The molecule has 1 aromatic heterocycles. The number of imide groups is 1. The zero-order chi connectivity index (χ0) is 17.1. The molecule has 3 rings (SSSR count). The van der Waals surface area contributed by atoms with Crippen LogP contribution in [0.4, 0.5) is 4.79 Å². The first-order valence-corrected chi connectivity index (χ1v) is 9.98. The molecule has 3 amide bonds. The molecular formula is C16H21N3O3S2. The molecule has 2 saturated heterocycles. The third kappa shape index (κ3) is 3.65. The Balaban J connectivity index is 1.51. The average Bonchev–Trinajstić information content (AvgIpc) is 3.30. The minimum atomic E-state index is -0.223. The Morgan fingerprint density at radius 2 is 2.29 bits per heavy atom. The topological polar surface area (TPSA) is 69.7 Å². The molecule has 0 aromatic carbocycles. The lowest BCUT2D eigenvalue weighted by Gasteiger charge is -2.29. The van der Waals surface area contributed by atoms with E-state index < -0.39 is 0 Å². The Kier molecular flexibility index (Phi) is 5.57. The van der Waals surface area contributed by atoms with Crippen molar-refractivity contribution < 1.29 is 14.4 Å². The van der Waals surface area contributed by atoms with Gasteiger partial charge in [0.1, 0.15) is 0 Å². The third-order valence-corrected chi connectivity index (χ3v) is 6.35. The van der Waals surface area contributed by atoms with E-state index in [0.29, 0.717) is 12.6 Å². The Morgan fingerprint density at radius 1 is 1.46 bits per heavy atom. The summed E-state index contributed by atoms with van der Waals surface area (Å²) in [5, 5.41) is 4.71. The van der Waals surface area contributed by atoms with E-state index in [4.69, 9.17) is 0 Å². The molecule has 24 heavy (non-hydrogen) atoms. The Hall–Kier alpha value is -1.38. The van der Waals surface area contributed by atoms with Crippen LogP contribution in [-0.4, -0.2) is 58.3 Å². The van der Waals surface area contributed by atoms with Crippen molar-refractivity contribution in [1.29, 1.82) is 0 Å². The number of hydrogen-bond donors (Lipinski definition) is 1. The van der Waals surface area contributed by atoms with Gasteiger partial charge in [0.15, 0.2) is 0 Å². The zero-order valence-electron chi connectivity index (χ0n) is 13.6. The summed E-state index contributed by atoms with van der Waals surface area (Å²) in [6.07, 6.45) is 2.17. The van der Waals surface area contributed by atoms with Gasteiger partial charge in [-0.3, -0.25) is 24.2 Å². The maximum Gasteiger partial charge on any atom is 0.288 e. The number of rotatable bonds is 6. The lowest BCUT2D eigenvalue weighted by atomic mass is 10.1. The number of likely N-dealkylation sites (tertiary alicyclic amines) is 1. The van der Waals surface area contributed by atoms with E-state index in [1.165, 1.54) is 9.78 Å². The number of thiophene rings is 1. The highest BCUT2D eigenvalue weighted by atomic mass is 32.2. The summed E-state index contributed by atoms with van der Waals surface area (Å²) in [6, 6.07) is 4.26. The van der Waals surface area contributed by atoms with Crippen LogP contribution in [0.25, 0.3) is 0 Å². The van der Waals surface area contributed by atoms with Gasteiger partial charge in [-0.2, -0.15) is 0 Å². The summed E-state index contributed by atoms with van der Waals surface area (Å²) >= 11 is 2.75. The molecule has 2 fully saturated rings. The first-order valence-electron chi connectivity index (χ1n) is 8.12. The van der Waals surface area contributed by atoms with Crippen LogP contribution >= 0.6 is 23.1 Å². The molecule has 2 atom stereocenters. The number of amides is 3. The predicted octanol–water partition coefficient (Wildman–Crippen LogP) is 2.09. The fourth-order valence-corrected chi connectivity index (χ4v) is 4.86. The van der Waals surface area contributed by atoms with Crippen molar-refractivity contribution in [1.82, 2.24) is 15.1 Å². The number of nitrogens with one attached hydrogen (secondary N) is 1. The van der Waals surface area contributed by atoms with Crippen molar-refractivity contribution in [2.24, 2.45) is 0 Å². The lowest BCUT2D eigenvalue weighted by Crippen LogP contribution is -2.46. The summed E-state index contributed by atoms with van der Waals surface area (Å²) in [4.78, 5) is 40.3. The summed E-state index contributed by atoms with van der Waals surface area (Å²) in [6.45, 7) is 3.39. The molecule has 0 aliphatic carbocycles. The second-order valence-corrected chi connectivity index (χ2v) is 7.88. The van der Waals surface area contributed by atoms with Crippen LogP contribution in [0.2, 0.25) is 0 Å². The molecule has 130 valence electrons. The lowest BCUT2D eigenvalue weighted by molar-refractivity contribution is -0.127. The van der Waals surface area contributed by atoms with E-state index in [0.717, 1.165) is 31.1 Å². The van der Waals surface area contributed by atoms with Crippen LogP contribution in [0.3, 0.4) is 0 Å². The molecular weight excluding hydrogens is 346 g/mol. The fourth-order valence-electron chi connectivity index (χ4n) is 3.23. The molecule has 2 aliphatic rings. The van der Waals surface area contributed by atoms with E-state index in [1.54, 1.807) is 11.3 Å². The first-order chi connectivity index (χ1) is 11.6. The summed E-state index contributed by atoms with van der Waals surface area (Å²) in [7, 11) is 0. The van der Waals surface area contributed by atoms with Gasteiger partial charge in [-0.25, -0.2) is 0 Å². The standard InChI is InChI=1S/C16H21N3O3S2/c1-11(18-7-2-4-12(18)13-5-3-9-23-13)15(21)17-6-8-19-14(20)10-24-16(19)22/h3,5,9,11-12H,2,4,6-8,10H2,1H3,(H,17,21)/t11-,12+/m0/s1.